The molecule has 6 heteroatoms. The molecule has 1 aromatic carbocycles. The molecule has 0 saturated carbocycles. The van der Waals surface area contributed by atoms with Gasteiger partial charge in [0.25, 0.3) is 5.91 Å². The lowest BCUT2D eigenvalue weighted by molar-refractivity contribution is -0.123. The van der Waals surface area contributed by atoms with Crippen LogP contribution >= 0.6 is 23.5 Å². The number of hydrogen-bond donors (Lipinski definition) is 1. The van der Waals surface area contributed by atoms with Gasteiger partial charge in [0, 0.05) is 30.2 Å². The number of amides is 2. The molecular weight excluding hydrogens is 316 g/mol. The summed E-state index contributed by atoms with van der Waals surface area (Å²) in [6.45, 7) is 1.16. The number of piperidine rings is 1. The van der Waals surface area contributed by atoms with E-state index in [9.17, 15) is 9.59 Å². The molecule has 4 nitrogen and oxygen atoms in total. The first kappa shape index (κ1) is 15.7. The monoisotopic (exact) mass is 336 g/mol. The minimum atomic E-state index is -0.303. The van der Waals surface area contributed by atoms with E-state index in [1.165, 1.54) is 17.1 Å². The third kappa shape index (κ3) is 3.43. The second kappa shape index (κ2) is 6.96. The summed E-state index contributed by atoms with van der Waals surface area (Å²) in [5, 5.41) is 0. The van der Waals surface area contributed by atoms with Gasteiger partial charge < -0.3 is 10.6 Å². The highest BCUT2D eigenvalue weighted by Crippen LogP contribution is 2.45. The van der Waals surface area contributed by atoms with Gasteiger partial charge in [-0.25, -0.2) is 0 Å². The van der Waals surface area contributed by atoms with Gasteiger partial charge in [0.05, 0.1) is 10.5 Å². The molecule has 2 amide bonds. The van der Waals surface area contributed by atoms with E-state index in [1.807, 2.05) is 35.7 Å². The molecule has 2 N–H and O–H groups in total. The van der Waals surface area contributed by atoms with Gasteiger partial charge in [0.1, 0.15) is 0 Å². The predicted molar refractivity (Wildman–Crippen MR) is 91.9 cm³/mol. The molecule has 0 aliphatic carbocycles. The lowest BCUT2D eigenvalue weighted by Gasteiger charge is -2.31. The van der Waals surface area contributed by atoms with Gasteiger partial charge >= 0.3 is 0 Å². The summed E-state index contributed by atoms with van der Waals surface area (Å²) in [5.74, 6) is 1.88. The number of nitrogens with zero attached hydrogens (tertiary/aromatic N) is 1. The summed E-state index contributed by atoms with van der Waals surface area (Å²) in [6, 6.07) is 7.92. The molecule has 0 radical (unpaired) electrons. The minimum absolute atomic E-state index is 0.00391. The maximum atomic E-state index is 12.6. The Bertz CT molecular complexity index is 556. The Balaban J connectivity index is 1.67. The molecule has 2 aliphatic heterocycles. The van der Waals surface area contributed by atoms with Crippen LogP contribution in [0, 0.1) is 5.92 Å². The van der Waals surface area contributed by atoms with Gasteiger partial charge in [0.15, 0.2) is 0 Å². The van der Waals surface area contributed by atoms with Crippen LogP contribution in [0.2, 0.25) is 0 Å². The van der Waals surface area contributed by atoms with Gasteiger partial charge in [-0.3, -0.25) is 9.59 Å². The highest BCUT2D eigenvalue weighted by molar-refractivity contribution is 8.19. The number of primary amides is 1. The summed E-state index contributed by atoms with van der Waals surface area (Å²) < 4.78 is 0.499. The molecule has 1 aromatic rings. The Kier molecular flexibility index (Phi) is 4.98. The molecule has 2 fully saturated rings. The van der Waals surface area contributed by atoms with E-state index < -0.39 is 0 Å². The molecule has 1 atom stereocenters. The van der Waals surface area contributed by atoms with Crippen molar-refractivity contribution in [2.75, 3.05) is 24.6 Å². The smallest absolute Gasteiger partial charge is 0.253 e. The van der Waals surface area contributed by atoms with Crippen LogP contribution in [0.4, 0.5) is 0 Å². The normalized spacial score (nSPS) is 22.7. The molecule has 0 aromatic heterocycles. The van der Waals surface area contributed by atoms with E-state index in [4.69, 9.17) is 5.73 Å². The summed E-state index contributed by atoms with van der Waals surface area (Å²) in [5.41, 5.74) is 7.35. The van der Waals surface area contributed by atoms with Gasteiger partial charge in [-0.2, -0.15) is 0 Å². The fraction of sp³-hybridized carbons (Fsp3) is 0.500. The van der Waals surface area contributed by atoms with E-state index in [0.717, 1.165) is 12.8 Å². The Morgan fingerprint density at radius 2 is 1.82 bits per heavy atom. The van der Waals surface area contributed by atoms with Crippen molar-refractivity contribution in [3.63, 3.8) is 0 Å². The summed E-state index contributed by atoms with van der Waals surface area (Å²) >= 11 is 3.92. The van der Waals surface area contributed by atoms with Crippen LogP contribution in [0.1, 0.15) is 33.3 Å². The third-order valence-electron chi connectivity index (χ3n) is 4.16. The molecule has 2 heterocycles. The fourth-order valence-electron chi connectivity index (χ4n) is 2.91. The first-order valence-electron chi connectivity index (χ1n) is 7.57. The molecule has 118 valence electrons. The zero-order valence-electron chi connectivity index (χ0n) is 12.4. The number of benzene rings is 1. The maximum Gasteiger partial charge on any atom is 0.253 e. The van der Waals surface area contributed by atoms with Crippen molar-refractivity contribution in [2.45, 2.75) is 17.4 Å². The molecule has 2 saturated heterocycles. The first-order valence-corrected chi connectivity index (χ1v) is 9.66. The summed E-state index contributed by atoms with van der Waals surface area (Å²) in [4.78, 5) is 25.7. The highest BCUT2D eigenvalue weighted by Gasteiger charge is 2.27. The van der Waals surface area contributed by atoms with Crippen molar-refractivity contribution >= 4 is 35.3 Å². The van der Waals surface area contributed by atoms with Crippen LogP contribution in [-0.4, -0.2) is 41.3 Å². The number of likely N-dealkylation sites (tertiary alicyclic amines) is 1. The SMILES string of the molecule is NC(=O)C1CCCN(C(=O)c2ccc(C3SCCS3)cc2)C1. The molecular formula is C16H20N2O2S2. The van der Waals surface area contributed by atoms with E-state index >= 15 is 0 Å². The van der Waals surface area contributed by atoms with E-state index in [0.29, 0.717) is 23.2 Å². The lowest BCUT2D eigenvalue weighted by atomic mass is 9.97. The standard InChI is InChI=1S/C16H20N2O2S2/c17-14(19)13-2-1-7-18(10-13)15(20)11-3-5-12(6-4-11)16-21-8-9-22-16/h3-6,13,16H,1-2,7-10H2,(H2,17,19). The highest BCUT2D eigenvalue weighted by atomic mass is 32.2. The topological polar surface area (TPSA) is 63.4 Å². The van der Waals surface area contributed by atoms with Crippen molar-refractivity contribution in [3.05, 3.63) is 35.4 Å². The molecule has 0 bridgehead atoms. The number of carbonyl (C=O) groups is 2. The number of nitrogens with two attached hydrogens (primary N) is 1. The summed E-state index contributed by atoms with van der Waals surface area (Å²) in [7, 11) is 0. The van der Waals surface area contributed by atoms with Crippen molar-refractivity contribution in [1.29, 1.82) is 0 Å². The van der Waals surface area contributed by atoms with Crippen LogP contribution in [0.3, 0.4) is 0 Å². The molecule has 0 spiro atoms. The zero-order chi connectivity index (χ0) is 15.5. The fourth-order valence-corrected chi connectivity index (χ4v) is 5.77. The van der Waals surface area contributed by atoms with Crippen molar-refractivity contribution < 1.29 is 9.59 Å². The first-order chi connectivity index (χ1) is 10.6. The van der Waals surface area contributed by atoms with Gasteiger partial charge in [-0.05, 0) is 30.5 Å². The van der Waals surface area contributed by atoms with Crippen LogP contribution in [0.15, 0.2) is 24.3 Å². The maximum absolute atomic E-state index is 12.6. The number of hydrogen-bond acceptors (Lipinski definition) is 4. The zero-order valence-corrected chi connectivity index (χ0v) is 14.0. The largest absolute Gasteiger partial charge is 0.369 e. The quantitative estimate of drug-likeness (QED) is 0.921. The molecule has 1 unspecified atom stereocenters. The van der Waals surface area contributed by atoms with Crippen LogP contribution in [0.25, 0.3) is 0 Å². The van der Waals surface area contributed by atoms with E-state index in [2.05, 4.69) is 12.1 Å². The Labute approximate surface area is 139 Å². The Morgan fingerprint density at radius 1 is 1.14 bits per heavy atom. The van der Waals surface area contributed by atoms with Gasteiger partial charge in [-0.1, -0.05) is 12.1 Å². The average molecular weight is 336 g/mol. The molecule has 2 aliphatic rings. The van der Waals surface area contributed by atoms with Crippen molar-refractivity contribution in [2.24, 2.45) is 11.7 Å². The summed E-state index contributed by atoms with van der Waals surface area (Å²) in [6.07, 6.45) is 1.63. The van der Waals surface area contributed by atoms with Crippen molar-refractivity contribution in [3.8, 4) is 0 Å². The minimum Gasteiger partial charge on any atom is -0.369 e. The second-order valence-corrected chi connectivity index (χ2v) is 8.41. The molecule has 3 rings (SSSR count). The van der Waals surface area contributed by atoms with Crippen LogP contribution in [0.5, 0.6) is 0 Å². The third-order valence-corrected chi connectivity index (χ3v) is 7.27. The van der Waals surface area contributed by atoms with E-state index in [-0.39, 0.29) is 17.7 Å². The predicted octanol–water partition coefficient (Wildman–Crippen LogP) is 2.50. The van der Waals surface area contributed by atoms with Crippen molar-refractivity contribution in [1.82, 2.24) is 4.90 Å². The Morgan fingerprint density at radius 3 is 2.45 bits per heavy atom. The van der Waals surface area contributed by atoms with Gasteiger partial charge in [0.2, 0.25) is 5.91 Å². The van der Waals surface area contributed by atoms with Crippen LogP contribution < -0.4 is 5.73 Å². The lowest BCUT2D eigenvalue weighted by Crippen LogP contribution is -2.44. The Hall–Kier alpha value is -1.14. The number of carbonyl (C=O) groups excluding carboxylic acids is 2. The van der Waals surface area contributed by atoms with Crippen LogP contribution in [-0.2, 0) is 4.79 Å². The van der Waals surface area contributed by atoms with Gasteiger partial charge in [-0.15, -0.1) is 23.5 Å². The average Bonchev–Trinajstić information content (AvgIpc) is 3.09. The van der Waals surface area contributed by atoms with E-state index in [1.54, 1.807) is 4.90 Å². The number of rotatable bonds is 3. The molecule has 22 heavy (non-hydrogen) atoms. The number of thioether (sulfide) groups is 2. The second-order valence-electron chi connectivity index (χ2n) is 5.69.